The number of carbonyl (C=O) groups is 1. The van der Waals surface area contributed by atoms with Crippen LogP contribution >= 0.6 is 31.0 Å². The van der Waals surface area contributed by atoms with Crippen LogP contribution in [0.2, 0.25) is 0 Å². The molecule has 33 heavy (non-hydrogen) atoms. The van der Waals surface area contributed by atoms with E-state index in [4.69, 9.17) is 14.6 Å². The van der Waals surface area contributed by atoms with Gasteiger partial charge in [0.25, 0.3) is 5.91 Å². The van der Waals surface area contributed by atoms with Crippen LogP contribution in [-0.2, 0) is 0 Å². The predicted molar refractivity (Wildman–Crippen MR) is 143 cm³/mol. The fourth-order valence-electron chi connectivity index (χ4n) is 3.28. The maximum Gasteiger partial charge on any atom is 0.252 e. The summed E-state index contributed by atoms with van der Waals surface area (Å²) in [6.45, 7) is 0.0757. The van der Waals surface area contributed by atoms with Crippen molar-refractivity contribution in [2.45, 2.75) is 0 Å². The number of halogens is 1. The highest BCUT2D eigenvalue weighted by Crippen LogP contribution is 2.33. The third kappa shape index (κ3) is 6.37. The van der Waals surface area contributed by atoms with Crippen molar-refractivity contribution in [2.75, 3.05) is 20.3 Å². The van der Waals surface area contributed by atoms with Gasteiger partial charge in [-0.15, -0.1) is 9.80 Å². The Labute approximate surface area is 210 Å². The number of hydrogen-bond acceptors (Lipinski definition) is 6. The number of thiol groups is 1. The molecule has 0 saturated carbocycles. The third-order valence-corrected chi connectivity index (χ3v) is 4.80. The molecule has 6 nitrogen and oxygen atoms in total. The monoisotopic (exact) mass is 574 g/mol. The molecule has 0 bridgehead atoms. The predicted octanol–water partition coefficient (Wildman–Crippen LogP) is 5.69. The number of ether oxygens (including phenoxy) is 2. The SMILES string of the molecule is COc1cc(-c2ccc(Oc3ccccc3)cc2)c2ncc(C(=O)NCCO)cc2c1.SI. The fraction of sp³-hybridized carbons (Fsp3) is 0.120. The largest absolute Gasteiger partial charge is 0.497 e. The van der Waals surface area contributed by atoms with Gasteiger partial charge < -0.3 is 19.9 Å². The maximum absolute atomic E-state index is 12.2. The third-order valence-electron chi connectivity index (χ3n) is 4.80. The Morgan fingerprint density at radius 1 is 1.00 bits per heavy atom. The number of hydrogen-bond donors (Lipinski definition) is 3. The van der Waals surface area contributed by atoms with Gasteiger partial charge in [0.1, 0.15) is 17.2 Å². The number of pyridine rings is 1. The first kappa shape index (κ1) is 24.8. The number of nitrogens with one attached hydrogen (secondary N) is 1. The molecule has 0 unspecified atom stereocenters. The average molecular weight is 574 g/mol. The summed E-state index contributed by atoms with van der Waals surface area (Å²) in [6.07, 6.45) is 1.54. The fourth-order valence-corrected chi connectivity index (χ4v) is 3.28. The smallest absolute Gasteiger partial charge is 0.252 e. The Morgan fingerprint density at radius 3 is 2.36 bits per heavy atom. The lowest BCUT2D eigenvalue weighted by Crippen LogP contribution is -2.26. The van der Waals surface area contributed by atoms with Gasteiger partial charge in [-0.2, -0.15) is 0 Å². The summed E-state index contributed by atoms with van der Waals surface area (Å²) in [7, 11) is 5.10. The van der Waals surface area contributed by atoms with Crippen LogP contribution in [0.1, 0.15) is 10.4 Å². The van der Waals surface area contributed by atoms with E-state index < -0.39 is 0 Å². The van der Waals surface area contributed by atoms with E-state index in [-0.39, 0.29) is 19.1 Å². The number of amides is 1. The van der Waals surface area contributed by atoms with Crippen molar-refractivity contribution in [2.24, 2.45) is 0 Å². The highest BCUT2D eigenvalue weighted by molar-refractivity contribution is 14.2. The van der Waals surface area contributed by atoms with Gasteiger partial charge >= 0.3 is 0 Å². The minimum Gasteiger partial charge on any atom is -0.497 e. The van der Waals surface area contributed by atoms with E-state index in [9.17, 15) is 4.79 Å². The summed E-state index contributed by atoms with van der Waals surface area (Å²) in [6, 6.07) is 22.9. The first-order valence-corrected chi connectivity index (χ1v) is 13.3. The minimum absolute atomic E-state index is 0.116. The molecule has 8 heteroatoms. The first-order valence-electron chi connectivity index (χ1n) is 10.0. The van der Waals surface area contributed by atoms with Gasteiger partial charge in [-0.25, -0.2) is 0 Å². The summed E-state index contributed by atoms with van der Waals surface area (Å²) in [5.74, 6) is 1.89. The van der Waals surface area contributed by atoms with Crippen molar-refractivity contribution in [1.29, 1.82) is 0 Å². The van der Waals surface area contributed by atoms with Gasteiger partial charge in [0, 0.05) is 23.7 Å². The summed E-state index contributed by atoms with van der Waals surface area (Å²) >= 11 is 1.84. The van der Waals surface area contributed by atoms with E-state index in [1.54, 1.807) is 13.2 Å². The Morgan fingerprint density at radius 2 is 1.70 bits per heavy atom. The van der Waals surface area contributed by atoms with Crippen LogP contribution in [0.15, 0.2) is 79.0 Å². The van der Waals surface area contributed by atoms with Crippen molar-refractivity contribution in [1.82, 2.24) is 10.3 Å². The summed E-state index contributed by atoms with van der Waals surface area (Å²) in [4.78, 5) is 16.8. The Kier molecular flexibility index (Phi) is 9.35. The average Bonchev–Trinajstić information content (AvgIpc) is 2.88. The van der Waals surface area contributed by atoms with Crippen LogP contribution in [0.25, 0.3) is 22.0 Å². The van der Waals surface area contributed by atoms with Crippen LogP contribution in [0.3, 0.4) is 0 Å². The second-order valence-corrected chi connectivity index (χ2v) is 6.89. The minimum atomic E-state index is -0.282. The number of para-hydroxylation sites is 1. The maximum atomic E-state index is 12.2. The van der Waals surface area contributed by atoms with Gasteiger partial charge in [-0.05, 0) is 69.2 Å². The van der Waals surface area contributed by atoms with Crippen LogP contribution in [0, 0.1) is 0 Å². The molecule has 0 aliphatic heterocycles. The quantitative estimate of drug-likeness (QED) is 0.195. The number of methoxy groups -OCH3 is 1. The molecular weight excluding hydrogens is 551 g/mol. The standard InChI is InChI=1S/C25H22N2O4.HIS/c1-30-22-14-18-13-19(25(29)26-11-12-28)16-27-24(18)23(15-22)17-7-9-21(10-8-17)31-20-5-3-2-4-6-20;1-2/h2-10,13-16,28H,11-12H2,1H3,(H,26,29);2H. The Hall–Kier alpha value is -2.82. The number of aromatic nitrogens is 1. The van der Waals surface area contributed by atoms with Crippen molar-refractivity contribution >= 4 is 47.8 Å². The molecule has 3 aromatic carbocycles. The van der Waals surface area contributed by atoms with Gasteiger partial charge in [-0.1, -0.05) is 30.3 Å². The number of nitrogens with zero attached hydrogens (tertiary/aromatic N) is 1. The molecule has 1 amide bonds. The normalized spacial score (nSPS) is 10.2. The van der Waals surface area contributed by atoms with Gasteiger partial charge in [0.15, 0.2) is 0 Å². The molecule has 1 heterocycles. The van der Waals surface area contributed by atoms with Crippen LogP contribution < -0.4 is 14.8 Å². The van der Waals surface area contributed by atoms with Gasteiger partial charge in [0.05, 0.1) is 24.8 Å². The number of benzene rings is 3. The van der Waals surface area contributed by atoms with E-state index >= 15 is 0 Å². The molecule has 1 aromatic heterocycles. The van der Waals surface area contributed by atoms with E-state index in [0.717, 1.165) is 33.5 Å². The molecule has 170 valence electrons. The lowest BCUT2D eigenvalue weighted by atomic mass is 10.0. The highest BCUT2D eigenvalue weighted by Gasteiger charge is 2.12. The van der Waals surface area contributed by atoms with Gasteiger partial charge in [0.2, 0.25) is 0 Å². The van der Waals surface area contributed by atoms with Crippen molar-refractivity contribution in [3.05, 3.63) is 84.6 Å². The molecule has 4 aromatic rings. The van der Waals surface area contributed by atoms with Crippen LogP contribution in [0.5, 0.6) is 17.2 Å². The number of fused-ring (bicyclic) bond motifs is 1. The van der Waals surface area contributed by atoms with Crippen molar-refractivity contribution in [3.8, 4) is 28.4 Å². The van der Waals surface area contributed by atoms with Crippen LogP contribution in [-0.4, -0.2) is 36.3 Å². The zero-order chi connectivity index (χ0) is 23.6. The molecule has 0 aliphatic rings. The second kappa shape index (κ2) is 12.4. The number of aliphatic hydroxyl groups is 1. The van der Waals surface area contributed by atoms with Crippen molar-refractivity contribution in [3.63, 3.8) is 0 Å². The van der Waals surface area contributed by atoms with Crippen LogP contribution in [0.4, 0.5) is 0 Å². The molecule has 0 fully saturated rings. The van der Waals surface area contributed by atoms with E-state index in [1.807, 2.05) is 87.9 Å². The summed E-state index contributed by atoms with van der Waals surface area (Å²) < 4.78 is 11.3. The molecule has 0 atom stereocenters. The summed E-state index contributed by atoms with van der Waals surface area (Å²) in [5.41, 5.74) is 3.03. The zero-order valence-electron chi connectivity index (χ0n) is 17.9. The Balaban J connectivity index is 0.00000149. The lowest BCUT2D eigenvalue weighted by molar-refractivity contribution is 0.0944. The van der Waals surface area contributed by atoms with Gasteiger partial charge in [-0.3, -0.25) is 9.78 Å². The van der Waals surface area contributed by atoms with E-state index in [2.05, 4.69) is 20.1 Å². The molecule has 0 radical (unpaired) electrons. The highest BCUT2D eigenvalue weighted by atomic mass is 127. The molecule has 0 spiro atoms. The second-order valence-electron chi connectivity index (χ2n) is 6.89. The molecule has 4 rings (SSSR count). The summed E-state index contributed by atoms with van der Waals surface area (Å²) in [5, 5.41) is 12.3. The first-order chi connectivity index (χ1) is 16.2. The number of aliphatic hydroxyl groups excluding tert-OH is 1. The zero-order valence-corrected chi connectivity index (χ0v) is 20.9. The van der Waals surface area contributed by atoms with E-state index in [1.165, 1.54) is 6.20 Å². The molecule has 0 saturated heterocycles. The van der Waals surface area contributed by atoms with E-state index in [0.29, 0.717) is 11.3 Å². The van der Waals surface area contributed by atoms with Crippen molar-refractivity contribution < 1.29 is 19.4 Å². The topological polar surface area (TPSA) is 80.7 Å². The lowest BCUT2D eigenvalue weighted by Gasteiger charge is -2.12. The molecule has 0 aliphatic carbocycles. The number of carbonyl (C=O) groups excluding carboxylic acids is 1. The number of rotatable bonds is 7. The molecular formula is C25H23IN2O4S. The molecule has 2 N–H and O–H groups in total. The Bertz CT molecular complexity index is 1200.